The van der Waals surface area contributed by atoms with Crippen molar-refractivity contribution in [3.63, 3.8) is 0 Å². The Morgan fingerprint density at radius 1 is 1.21 bits per heavy atom. The molecule has 0 radical (unpaired) electrons. The van der Waals surface area contributed by atoms with Gasteiger partial charge in [-0.25, -0.2) is 18.3 Å². The van der Waals surface area contributed by atoms with Crippen LogP contribution in [-0.2, 0) is 32.5 Å². The average molecular weight is 548 g/mol. The van der Waals surface area contributed by atoms with Crippen molar-refractivity contribution in [2.75, 3.05) is 33.6 Å². The second kappa shape index (κ2) is 12.2. The van der Waals surface area contributed by atoms with Crippen LogP contribution in [0.3, 0.4) is 0 Å². The van der Waals surface area contributed by atoms with Gasteiger partial charge in [-0.1, -0.05) is 18.2 Å². The number of hydrogen-bond acceptors (Lipinski definition) is 7. The number of fused-ring (bicyclic) bond motifs is 1. The fourth-order valence-electron chi connectivity index (χ4n) is 4.31. The molecule has 3 rings (SSSR count). The van der Waals surface area contributed by atoms with E-state index in [1.54, 1.807) is 37.4 Å². The molecule has 1 unspecified atom stereocenters. The van der Waals surface area contributed by atoms with Crippen LogP contribution >= 0.6 is 0 Å². The summed E-state index contributed by atoms with van der Waals surface area (Å²) in [6.07, 6.45) is 3.08. The molecule has 1 atom stereocenters. The highest BCUT2D eigenvalue weighted by atomic mass is 32.2. The summed E-state index contributed by atoms with van der Waals surface area (Å²) in [4.78, 5) is 27.2. The first-order chi connectivity index (χ1) is 17.9. The Labute approximate surface area is 221 Å². The molecule has 3 aromatic rings. The minimum atomic E-state index is -3.89. The van der Waals surface area contributed by atoms with Gasteiger partial charge >= 0.3 is 0 Å². The summed E-state index contributed by atoms with van der Waals surface area (Å²) >= 11 is 0. The first-order valence-electron chi connectivity index (χ1n) is 12.1. The van der Waals surface area contributed by atoms with Gasteiger partial charge in [0.05, 0.1) is 0 Å². The van der Waals surface area contributed by atoms with Gasteiger partial charge < -0.3 is 14.2 Å². The molecule has 2 N–H and O–H groups in total. The first kappa shape index (κ1) is 29.4. The van der Waals surface area contributed by atoms with Crippen molar-refractivity contribution in [2.24, 2.45) is 0 Å². The molecule has 0 bridgehead atoms. The maximum atomic E-state index is 15.0. The number of rotatable bonds is 12. The van der Waals surface area contributed by atoms with Gasteiger partial charge in [-0.15, -0.1) is 0 Å². The lowest BCUT2D eigenvalue weighted by atomic mass is 10.00. The Balaban J connectivity index is 1.82. The Morgan fingerprint density at radius 2 is 1.95 bits per heavy atom. The molecule has 206 valence electrons. The zero-order valence-electron chi connectivity index (χ0n) is 22.0. The fraction of sp³-hybridized carbons (Fsp3) is 0.407. The van der Waals surface area contributed by atoms with Crippen molar-refractivity contribution in [3.05, 3.63) is 70.4 Å². The Morgan fingerprint density at radius 3 is 2.58 bits per heavy atom. The number of pyridine rings is 1. The van der Waals surface area contributed by atoms with E-state index in [9.17, 15) is 18.0 Å². The van der Waals surface area contributed by atoms with Crippen molar-refractivity contribution >= 4 is 26.5 Å². The highest BCUT2D eigenvalue weighted by Crippen LogP contribution is 2.27. The van der Waals surface area contributed by atoms with Crippen molar-refractivity contribution in [3.8, 4) is 11.1 Å². The van der Waals surface area contributed by atoms with Crippen LogP contribution in [0.2, 0.25) is 0 Å². The summed E-state index contributed by atoms with van der Waals surface area (Å²) in [5, 5.41) is 9.97. The second-order valence-corrected chi connectivity index (χ2v) is 12.2. The van der Waals surface area contributed by atoms with Crippen LogP contribution in [0.15, 0.2) is 53.5 Å². The number of amides is 1. The summed E-state index contributed by atoms with van der Waals surface area (Å²) in [5.74, 6) is -1.42. The van der Waals surface area contributed by atoms with E-state index in [0.717, 1.165) is 24.8 Å². The number of carbonyl (C=O) groups is 1. The maximum Gasteiger partial charge on any atom is 0.264 e. The van der Waals surface area contributed by atoms with Crippen LogP contribution in [0.1, 0.15) is 25.3 Å². The van der Waals surface area contributed by atoms with Gasteiger partial charge in [0.2, 0.25) is 0 Å². The minimum Gasteiger partial charge on any atom is -0.385 e. The van der Waals surface area contributed by atoms with E-state index in [1.807, 2.05) is 13.1 Å². The van der Waals surface area contributed by atoms with Crippen LogP contribution < -0.4 is 11.0 Å². The molecule has 0 spiro atoms. The summed E-state index contributed by atoms with van der Waals surface area (Å²) < 4.78 is 43.9. The number of benzene rings is 2. The van der Waals surface area contributed by atoms with Gasteiger partial charge in [-0.2, -0.15) is 0 Å². The topological polar surface area (TPSA) is 118 Å². The van der Waals surface area contributed by atoms with E-state index in [2.05, 4.69) is 4.90 Å². The summed E-state index contributed by atoms with van der Waals surface area (Å²) in [7, 11) is -0.253. The molecule has 2 aromatic carbocycles. The number of carbonyl (C=O) groups excluding carboxylic acids is 1. The Kier molecular flexibility index (Phi) is 9.42. The molecule has 1 heterocycles. The molecule has 11 heteroatoms. The van der Waals surface area contributed by atoms with E-state index >= 15 is 4.39 Å². The second-order valence-electron chi connectivity index (χ2n) is 9.71. The number of halogens is 1. The predicted octanol–water partition coefficient (Wildman–Crippen LogP) is 2.97. The van der Waals surface area contributed by atoms with Crippen LogP contribution in [0.25, 0.3) is 21.9 Å². The molecule has 38 heavy (non-hydrogen) atoms. The molecular weight excluding hydrogens is 513 g/mol. The number of sulfone groups is 1. The number of aromatic nitrogens is 1. The van der Waals surface area contributed by atoms with E-state index in [4.69, 9.17) is 9.94 Å². The summed E-state index contributed by atoms with van der Waals surface area (Å²) in [5.41, 5.74) is 2.92. The monoisotopic (exact) mass is 547 g/mol. The average Bonchev–Trinajstić information content (AvgIpc) is 2.87. The van der Waals surface area contributed by atoms with Gasteiger partial charge in [-0.05, 0) is 67.6 Å². The largest absolute Gasteiger partial charge is 0.385 e. The zero-order chi connectivity index (χ0) is 28.1. The molecule has 0 aliphatic rings. The quantitative estimate of drug-likeness (QED) is 0.203. The third-order valence-electron chi connectivity index (χ3n) is 6.89. The molecule has 9 nitrogen and oxygen atoms in total. The Hall–Kier alpha value is -3.12. The van der Waals surface area contributed by atoms with Crippen molar-refractivity contribution in [1.82, 2.24) is 14.9 Å². The summed E-state index contributed by atoms with van der Waals surface area (Å²) in [6.45, 7) is 3.25. The van der Waals surface area contributed by atoms with E-state index in [1.165, 1.54) is 29.2 Å². The van der Waals surface area contributed by atoms with Gasteiger partial charge in [-0.3, -0.25) is 14.8 Å². The summed E-state index contributed by atoms with van der Waals surface area (Å²) in [6, 6.07) is 11.8. The highest BCUT2D eigenvalue weighted by molar-refractivity contribution is 7.92. The lowest BCUT2D eigenvalue weighted by Crippen LogP contribution is -2.49. The maximum absolute atomic E-state index is 15.0. The molecule has 1 aromatic heterocycles. The third kappa shape index (κ3) is 6.47. The number of nitrogens with one attached hydrogen (secondary N) is 1. The third-order valence-corrected chi connectivity index (χ3v) is 8.92. The number of methoxy groups -OCH3 is 1. The van der Waals surface area contributed by atoms with Gasteiger partial charge in [0.1, 0.15) is 5.82 Å². The smallest absolute Gasteiger partial charge is 0.264 e. The SMILES string of the molecule is COCCCN(C)Cc1ccc(-c2ccc3c(=O)n(CCC(C)(C(=O)NO)S(C)(=O)=O)ccc3c2)c(F)c1. The standard InChI is InChI=1S/C27H34FN3O6S/c1-27(26(33)29-34,38(4,35)36)11-14-31-13-10-21-17-20(7-9-23(21)25(31)32)22-8-6-19(16-24(22)28)18-30(2)12-5-15-37-3/h6-10,13,16-17,34H,5,11-12,14-15,18H2,1-4H3,(H,29,33). The van der Waals surface area contributed by atoms with Crippen LogP contribution in [0.4, 0.5) is 4.39 Å². The first-order valence-corrected chi connectivity index (χ1v) is 14.0. The van der Waals surface area contributed by atoms with Crippen LogP contribution in [0, 0.1) is 5.82 Å². The number of aryl methyl sites for hydroxylation is 1. The lowest BCUT2D eigenvalue weighted by Gasteiger charge is -2.25. The minimum absolute atomic E-state index is 0.0660. The van der Waals surface area contributed by atoms with Crippen LogP contribution in [0.5, 0.6) is 0 Å². The zero-order valence-corrected chi connectivity index (χ0v) is 22.8. The normalized spacial score (nSPS) is 13.6. The van der Waals surface area contributed by atoms with Gasteiger partial charge in [0.15, 0.2) is 14.6 Å². The van der Waals surface area contributed by atoms with E-state index in [0.29, 0.717) is 35.1 Å². The molecule has 0 aliphatic carbocycles. The number of ether oxygens (including phenoxy) is 1. The van der Waals surface area contributed by atoms with Crippen molar-refractivity contribution < 1.29 is 27.5 Å². The molecule has 0 saturated heterocycles. The molecule has 0 aliphatic heterocycles. The molecular formula is C27H34FN3O6S. The van der Waals surface area contributed by atoms with Crippen molar-refractivity contribution in [1.29, 1.82) is 0 Å². The van der Waals surface area contributed by atoms with Gasteiger partial charge in [0, 0.05) is 56.8 Å². The number of hydroxylamine groups is 1. The molecule has 1 amide bonds. The highest BCUT2D eigenvalue weighted by Gasteiger charge is 2.43. The fourth-order valence-corrected chi connectivity index (χ4v) is 5.16. The molecule has 0 saturated carbocycles. The van der Waals surface area contributed by atoms with Crippen LogP contribution in [-0.4, -0.2) is 67.3 Å². The predicted molar refractivity (Wildman–Crippen MR) is 144 cm³/mol. The lowest BCUT2D eigenvalue weighted by molar-refractivity contribution is -0.131. The van der Waals surface area contributed by atoms with Crippen molar-refractivity contribution in [2.45, 2.75) is 37.6 Å². The van der Waals surface area contributed by atoms with Gasteiger partial charge in [0.25, 0.3) is 11.5 Å². The van der Waals surface area contributed by atoms with E-state index in [-0.39, 0.29) is 24.3 Å². The number of nitrogens with zero attached hydrogens (tertiary/aromatic N) is 2. The van der Waals surface area contributed by atoms with E-state index < -0.39 is 20.5 Å². The molecule has 0 fully saturated rings. The number of hydrogen-bond donors (Lipinski definition) is 2. The Bertz CT molecular complexity index is 1470.